The third-order valence-corrected chi connectivity index (χ3v) is 9.39. The number of carboxylic acids is 1. The van der Waals surface area contributed by atoms with Gasteiger partial charge in [-0.25, -0.2) is 4.79 Å². The standard InChI is InChI=1S/C38H45IO9/c1-21(2)12-13-25-31-24(14-17-38(8,48-31)16-10-15-36(4,5)45)29(40)28-30(41)26-19-23(34(39)42)20-27(32(26)47-33(25)28)37(6,7)46-18-9-11-22(3)35(43)44/h10-12,14-15,17,19,23,40,45H,9,13,16,18,20H2,1-8H3,(H,43,44)/b15-10-,22-11+/t23-,38?/m1/s1. The summed E-state index contributed by atoms with van der Waals surface area (Å²) in [5, 5.41) is 31.2. The van der Waals surface area contributed by atoms with E-state index in [4.69, 9.17) is 13.9 Å². The average molecular weight is 773 g/mol. The number of carbonyl (C=O) groups is 2. The molecule has 4 rings (SSSR count). The predicted octanol–water partition coefficient (Wildman–Crippen LogP) is 6.02. The average Bonchev–Trinajstić information content (AvgIpc) is 2.97. The number of halogens is 1. The van der Waals surface area contributed by atoms with Crippen LogP contribution in [0.15, 0.2) is 50.7 Å². The summed E-state index contributed by atoms with van der Waals surface area (Å²) in [6.45, 7) is 14.6. The largest absolute Gasteiger partial charge is 0.506 e. The second-order valence-corrected chi connectivity index (χ2v) is 15.1. The molecule has 0 bridgehead atoms. The quantitative estimate of drug-likeness (QED) is 0.0777. The summed E-state index contributed by atoms with van der Waals surface area (Å²) >= 11 is 1.73. The van der Waals surface area contributed by atoms with Crippen LogP contribution in [0.5, 0.6) is 11.5 Å². The van der Waals surface area contributed by atoms with E-state index in [9.17, 15) is 29.7 Å². The Balaban J connectivity index is 2.00. The lowest BCUT2D eigenvalue weighted by molar-refractivity contribution is -0.132. The minimum atomic E-state index is -1.00. The van der Waals surface area contributed by atoms with Crippen molar-refractivity contribution in [3.63, 3.8) is 0 Å². The summed E-state index contributed by atoms with van der Waals surface area (Å²) in [6.07, 6.45) is 13.7. The van der Waals surface area contributed by atoms with Crippen LogP contribution in [0.4, 0.5) is 0 Å². The Bertz CT molecular complexity index is 1950. The van der Waals surface area contributed by atoms with Gasteiger partial charge in [-0.15, -0.1) is 0 Å². The van der Waals surface area contributed by atoms with Crippen molar-refractivity contribution in [1.82, 2.24) is 0 Å². The first kappa shape index (κ1) is 37.3. The molecule has 3 N–H and O–H groups in total. The molecule has 1 aliphatic heterocycles. The number of carboxylic acid groups (broad SMARTS) is 1. The fraction of sp³-hybridized carbons (Fsp3) is 0.447. The lowest BCUT2D eigenvalue weighted by Gasteiger charge is -2.33. The molecular formula is C38H45IO9. The van der Waals surface area contributed by atoms with Gasteiger partial charge < -0.3 is 29.2 Å². The number of aromatic hydroxyl groups is 1. The molecule has 9 nitrogen and oxygen atoms in total. The highest BCUT2D eigenvalue weighted by atomic mass is 127. The first-order chi connectivity index (χ1) is 22.2. The van der Waals surface area contributed by atoms with Gasteiger partial charge in [0.05, 0.1) is 34.5 Å². The van der Waals surface area contributed by atoms with Gasteiger partial charge in [0.1, 0.15) is 33.5 Å². The van der Waals surface area contributed by atoms with Crippen LogP contribution >= 0.6 is 22.6 Å². The van der Waals surface area contributed by atoms with Crippen molar-refractivity contribution in [2.24, 2.45) is 5.92 Å². The summed E-state index contributed by atoms with van der Waals surface area (Å²) < 4.78 is 19.4. The van der Waals surface area contributed by atoms with Crippen molar-refractivity contribution >= 4 is 61.0 Å². The molecule has 0 fully saturated rings. The molecule has 0 saturated heterocycles. The maximum Gasteiger partial charge on any atom is 0.330 e. The molecule has 2 aromatic rings. The zero-order chi connectivity index (χ0) is 35.8. The number of rotatable bonds is 12. The van der Waals surface area contributed by atoms with E-state index in [2.05, 4.69) is 0 Å². The normalized spacial score (nSPS) is 19.5. The van der Waals surface area contributed by atoms with Crippen LogP contribution in [0.3, 0.4) is 0 Å². The number of benzene rings is 1. The first-order valence-electron chi connectivity index (χ1n) is 16.0. The summed E-state index contributed by atoms with van der Waals surface area (Å²) in [5.74, 6) is -1.48. The summed E-state index contributed by atoms with van der Waals surface area (Å²) in [7, 11) is 0. The number of aliphatic hydroxyl groups is 1. The number of ether oxygens (including phenoxy) is 2. The van der Waals surface area contributed by atoms with Gasteiger partial charge >= 0.3 is 5.97 Å². The number of phenols is 1. The zero-order valence-corrected chi connectivity index (χ0v) is 31.0. The molecular weight excluding hydrogens is 727 g/mol. The Morgan fingerprint density at radius 2 is 1.85 bits per heavy atom. The van der Waals surface area contributed by atoms with Crippen molar-refractivity contribution in [2.45, 2.75) is 97.9 Å². The van der Waals surface area contributed by atoms with Gasteiger partial charge in [-0.1, -0.05) is 36.0 Å². The van der Waals surface area contributed by atoms with E-state index in [1.54, 1.807) is 60.7 Å². The molecule has 48 heavy (non-hydrogen) atoms. The molecule has 0 amide bonds. The van der Waals surface area contributed by atoms with Crippen LogP contribution in [0.1, 0.15) is 85.8 Å². The molecule has 0 saturated carbocycles. The fourth-order valence-corrected chi connectivity index (χ4v) is 6.24. The van der Waals surface area contributed by atoms with Crippen LogP contribution in [0, 0.1) is 5.92 Å². The molecule has 1 aliphatic carbocycles. The monoisotopic (exact) mass is 772 g/mol. The SMILES string of the molecule is CC(C)=CCc1c2c(c(O)c3c(=O)c4c(oc13)=C(C(C)(C)OCC/C=C(\C)C(=O)O)C[C@H](C(=O)I)C=4)C=CC(C)(C/C=C\C(C)(C)O)O2. The molecule has 2 aliphatic rings. The Hall–Kier alpha value is -3.48. The van der Waals surface area contributed by atoms with Gasteiger partial charge in [0.2, 0.25) is 5.43 Å². The van der Waals surface area contributed by atoms with E-state index >= 15 is 0 Å². The van der Waals surface area contributed by atoms with E-state index in [1.165, 1.54) is 6.92 Å². The van der Waals surface area contributed by atoms with Gasteiger partial charge in [-0.2, -0.15) is 0 Å². The van der Waals surface area contributed by atoms with Gasteiger partial charge in [0, 0.05) is 45.7 Å². The van der Waals surface area contributed by atoms with Gasteiger partial charge in [0.25, 0.3) is 0 Å². The minimum Gasteiger partial charge on any atom is -0.506 e. The Morgan fingerprint density at radius 1 is 1.17 bits per heavy atom. The van der Waals surface area contributed by atoms with Crippen LogP contribution in [-0.2, 0) is 20.7 Å². The smallest absolute Gasteiger partial charge is 0.330 e. The zero-order valence-electron chi connectivity index (χ0n) is 28.8. The topological polar surface area (TPSA) is 144 Å². The first-order valence-corrected chi connectivity index (χ1v) is 17.1. The number of hydrogen-bond donors (Lipinski definition) is 3. The maximum atomic E-state index is 14.4. The second kappa shape index (κ2) is 14.2. The third kappa shape index (κ3) is 8.20. The van der Waals surface area contributed by atoms with Crippen LogP contribution in [0.2, 0.25) is 0 Å². The van der Waals surface area contributed by atoms with E-state index in [1.807, 2.05) is 52.8 Å². The van der Waals surface area contributed by atoms with E-state index in [-0.39, 0.29) is 49.7 Å². The predicted molar refractivity (Wildman–Crippen MR) is 196 cm³/mol. The van der Waals surface area contributed by atoms with E-state index in [0.717, 1.165) is 5.57 Å². The Morgan fingerprint density at radius 3 is 2.46 bits per heavy atom. The molecule has 1 unspecified atom stereocenters. The number of fused-ring (bicyclic) bond motifs is 3. The van der Waals surface area contributed by atoms with Gasteiger partial charge in [-0.3, -0.25) is 9.59 Å². The molecule has 0 radical (unpaired) electrons. The summed E-state index contributed by atoms with van der Waals surface area (Å²) in [5.41, 5.74) is 0.0371. The van der Waals surface area contributed by atoms with Crippen LogP contribution < -0.4 is 20.8 Å². The molecule has 2 atom stereocenters. The van der Waals surface area contributed by atoms with Crippen molar-refractivity contribution in [2.75, 3.05) is 6.61 Å². The number of allylic oxidation sites excluding steroid dienone is 2. The van der Waals surface area contributed by atoms with E-state index in [0.29, 0.717) is 41.7 Å². The highest BCUT2D eigenvalue weighted by Gasteiger charge is 2.36. The molecule has 1 aromatic heterocycles. The van der Waals surface area contributed by atoms with Gasteiger partial charge in [0.15, 0.2) is 3.79 Å². The number of aliphatic carboxylic acids is 1. The highest BCUT2D eigenvalue weighted by molar-refractivity contribution is 14.1. The Labute approximate surface area is 294 Å². The molecule has 2 heterocycles. The minimum absolute atomic E-state index is 0.00796. The lowest BCUT2D eigenvalue weighted by Crippen LogP contribution is -2.48. The van der Waals surface area contributed by atoms with Crippen molar-refractivity contribution < 1.29 is 38.8 Å². The van der Waals surface area contributed by atoms with E-state index < -0.39 is 34.1 Å². The number of phenolic OH excluding ortho intramolecular Hbond substituents is 1. The van der Waals surface area contributed by atoms with Crippen LogP contribution in [-0.4, -0.2) is 48.5 Å². The highest BCUT2D eigenvalue weighted by Crippen LogP contribution is 2.45. The van der Waals surface area contributed by atoms with Crippen molar-refractivity contribution in [3.05, 3.63) is 73.5 Å². The third-order valence-electron chi connectivity index (χ3n) is 8.59. The molecule has 0 spiro atoms. The summed E-state index contributed by atoms with van der Waals surface area (Å²) in [4.78, 5) is 38.3. The Kier molecular flexibility index (Phi) is 11.0. The lowest BCUT2D eigenvalue weighted by atomic mass is 9.84. The fourth-order valence-electron chi connectivity index (χ4n) is 5.84. The van der Waals surface area contributed by atoms with Crippen molar-refractivity contribution in [3.8, 4) is 11.5 Å². The number of hydrogen-bond acceptors (Lipinski definition) is 8. The number of carbonyl (C=O) groups excluding carboxylic acids is 1. The van der Waals surface area contributed by atoms with Crippen molar-refractivity contribution in [1.29, 1.82) is 0 Å². The van der Waals surface area contributed by atoms with Crippen LogP contribution in [0.25, 0.3) is 28.7 Å². The molecule has 1 aromatic carbocycles. The van der Waals surface area contributed by atoms with Gasteiger partial charge in [-0.05, 0) is 86.8 Å². The summed E-state index contributed by atoms with van der Waals surface area (Å²) in [6, 6.07) is 0. The molecule has 258 valence electrons. The maximum absolute atomic E-state index is 14.4. The molecule has 10 heteroatoms. The second-order valence-electron chi connectivity index (χ2n) is 14.0.